The molecule has 2 rings (SSSR count). The highest BCUT2D eigenvalue weighted by Gasteiger charge is 2.11. The van der Waals surface area contributed by atoms with Gasteiger partial charge in [0.05, 0.1) is 0 Å². The van der Waals surface area contributed by atoms with Crippen LogP contribution in [-0.2, 0) is 6.54 Å². The fraction of sp³-hybridized carbons (Fsp3) is 0.571. The first-order valence-electron chi connectivity index (χ1n) is 6.71. The van der Waals surface area contributed by atoms with Crippen molar-refractivity contribution in [3.8, 4) is 0 Å². The van der Waals surface area contributed by atoms with Gasteiger partial charge in [0.1, 0.15) is 5.82 Å². The Kier molecular flexibility index (Phi) is 5.58. The van der Waals surface area contributed by atoms with E-state index >= 15 is 0 Å². The standard InChI is InChI=1S/C14H21ClFN3/c1-18(8-9-19-6-4-17-5-7-19)11-12-10-13(16)2-3-14(12)15/h2-3,10,17H,4-9,11H2,1H3. The Hall–Kier alpha value is -0.680. The molecule has 0 saturated carbocycles. The fourth-order valence-electron chi connectivity index (χ4n) is 2.28. The molecule has 5 heteroatoms. The normalized spacial score (nSPS) is 17.1. The zero-order valence-electron chi connectivity index (χ0n) is 11.3. The number of likely N-dealkylation sites (N-methyl/N-ethyl adjacent to an activating group) is 1. The molecule has 1 aliphatic heterocycles. The molecule has 1 aliphatic rings. The first kappa shape index (κ1) is 14.7. The maximum absolute atomic E-state index is 13.2. The lowest BCUT2D eigenvalue weighted by Gasteiger charge is -2.29. The number of nitrogens with zero attached hydrogens (tertiary/aromatic N) is 2. The van der Waals surface area contributed by atoms with Crippen LogP contribution in [0.5, 0.6) is 0 Å². The van der Waals surface area contributed by atoms with Gasteiger partial charge in [-0.25, -0.2) is 4.39 Å². The number of rotatable bonds is 5. The first-order chi connectivity index (χ1) is 9.15. The molecule has 0 aromatic heterocycles. The summed E-state index contributed by atoms with van der Waals surface area (Å²) in [5.74, 6) is -0.227. The molecule has 1 aromatic carbocycles. The molecule has 3 nitrogen and oxygen atoms in total. The van der Waals surface area contributed by atoms with Gasteiger partial charge in [-0.2, -0.15) is 0 Å². The van der Waals surface area contributed by atoms with E-state index in [1.807, 2.05) is 7.05 Å². The average Bonchev–Trinajstić information content (AvgIpc) is 2.42. The van der Waals surface area contributed by atoms with Crippen molar-refractivity contribution in [2.24, 2.45) is 0 Å². The highest BCUT2D eigenvalue weighted by atomic mass is 35.5. The molecule has 1 fully saturated rings. The molecule has 106 valence electrons. The van der Waals surface area contributed by atoms with Crippen molar-refractivity contribution < 1.29 is 4.39 Å². The van der Waals surface area contributed by atoms with Crippen LogP contribution in [0.1, 0.15) is 5.56 Å². The number of halogens is 2. The average molecular weight is 286 g/mol. The number of benzene rings is 1. The lowest BCUT2D eigenvalue weighted by atomic mass is 10.2. The molecule has 0 atom stereocenters. The van der Waals surface area contributed by atoms with Gasteiger partial charge in [0.15, 0.2) is 0 Å². The van der Waals surface area contributed by atoms with Crippen LogP contribution < -0.4 is 5.32 Å². The highest BCUT2D eigenvalue weighted by Crippen LogP contribution is 2.18. The minimum atomic E-state index is -0.227. The third kappa shape index (κ3) is 4.73. The zero-order chi connectivity index (χ0) is 13.7. The summed E-state index contributed by atoms with van der Waals surface area (Å²) in [6, 6.07) is 4.53. The lowest BCUT2D eigenvalue weighted by molar-refractivity contribution is 0.202. The second-order valence-corrected chi connectivity index (χ2v) is 5.47. The number of hydrogen-bond acceptors (Lipinski definition) is 3. The second kappa shape index (κ2) is 7.20. The Balaban J connectivity index is 1.80. The quantitative estimate of drug-likeness (QED) is 0.890. The Bertz CT molecular complexity index is 408. The molecule has 1 N–H and O–H groups in total. The van der Waals surface area contributed by atoms with Crippen molar-refractivity contribution in [1.29, 1.82) is 0 Å². The predicted molar refractivity (Wildman–Crippen MR) is 77.1 cm³/mol. The van der Waals surface area contributed by atoms with Gasteiger partial charge in [0.2, 0.25) is 0 Å². The minimum Gasteiger partial charge on any atom is -0.314 e. The van der Waals surface area contributed by atoms with Gasteiger partial charge in [-0.15, -0.1) is 0 Å². The second-order valence-electron chi connectivity index (χ2n) is 5.07. The van der Waals surface area contributed by atoms with E-state index < -0.39 is 0 Å². The van der Waals surface area contributed by atoms with E-state index in [1.54, 1.807) is 6.07 Å². The summed E-state index contributed by atoms with van der Waals surface area (Å²) in [4.78, 5) is 4.63. The molecule has 0 spiro atoms. The van der Waals surface area contributed by atoms with Crippen LogP contribution in [0.15, 0.2) is 18.2 Å². The summed E-state index contributed by atoms with van der Waals surface area (Å²) in [7, 11) is 2.05. The predicted octanol–water partition coefficient (Wildman–Crippen LogP) is 1.82. The molecule has 1 aromatic rings. The van der Waals surface area contributed by atoms with Crippen molar-refractivity contribution >= 4 is 11.6 Å². The van der Waals surface area contributed by atoms with Crippen LogP contribution in [0.3, 0.4) is 0 Å². The smallest absolute Gasteiger partial charge is 0.123 e. The topological polar surface area (TPSA) is 18.5 Å². The van der Waals surface area contributed by atoms with Crippen LogP contribution >= 0.6 is 11.6 Å². The molecule has 0 amide bonds. The molecule has 19 heavy (non-hydrogen) atoms. The summed E-state index contributed by atoms with van der Waals surface area (Å²) in [5.41, 5.74) is 0.851. The summed E-state index contributed by atoms with van der Waals surface area (Å²) in [6.45, 7) is 7.04. The van der Waals surface area contributed by atoms with Gasteiger partial charge >= 0.3 is 0 Å². The van der Waals surface area contributed by atoms with Crippen molar-refractivity contribution in [1.82, 2.24) is 15.1 Å². The monoisotopic (exact) mass is 285 g/mol. The van der Waals surface area contributed by atoms with E-state index in [-0.39, 0.29) is 5.82 Å². The molecule has 1 heterocycles. The fourth-order valence-corrected chi connectivity index (χ4v) is 2.46. The SMILES string of the molecule is CN(CCN1CCNCC1)Cc1cc(F)ccc1Cl. The highest BCUT2D eigenvalue weighted by molar-refractivity contribution is 6.31. The van der Waals surface area contributed by atoms with Crippen LogP contribution in [-0.4, -0.2) is 56.1 Å². The molecule has 0 radical (unpaired) electrons. The summed E-state index contributed by atoms with van der Waals surface area (Å²) in [6.07, 6.45) is 0. The summed E-state index contributed by atoms with van der Waals surface area (Å²) < 4.78 is 13.2. The van der Waals surface area contributed by atoms with Crippen LogP contribution in [0.4, 0.5) is 4.39 Å². The van der Waals surface area contributed by atoms with Crippen LogP contribution in [0, 0.1) is 5.82 Å². The van der Waals surface area contributed by atoms with Gasteiger partial charge in [0.25, 0.3) is 0 Å². The summed E-state index contributed by atoms with van der Waals surface area (Å²) >= 11 is 6.08. The van der Waals surface area contributed by atoms with Crippen LogP contribution in [0.2, 0.25) is 5.02 Å². The molecular formula is C14H21ClFN3. The Labute approximate surface area is 119 Å². The third-order valence-corrected chi connectivity index (χ3v) is 3.82. The maximum atomic E-state index is 13.2. The van der Waals surface area contributed by atoms with E-state index in [1.165, 1.54) is 12.1 Å². The Morgan fingerprint density at radius 3 is 2.84 bits per heavy atom. The summed E-state index contributed by atoms with van der Waals surface area (Å²) in [5, 5.41) is 3.98. The Morgan fingerprint density at radius 2 is 2.11 bits per heavy atom. The number of nitrogens with one attached hydrogen (secondary N) is 1. The molecular weight excluding hydrogens is 265 g/mol. The largest absolute Gasteiger partial charge is 0.314 e. The van der Waals surface area contributed by atoms with Gasteiger partial charge in [0, 0.05) is 50.8 Å². The van der Waals surface area contributed by atoms with Gasteiger partial charge < -0.3 is 10.2 Å². The van der Waals surface area contributed by atoms with Gasteiger partial charge in [-0.3, -0.25) is 4.90 Å². The molecule has 0 unspecified atom stereocenters. The van der Waals surface area contributed by atoms with Crippen molar-refractivity contribution in [3.63, 3.8) is 0 Å². The molecule has 0 bridgehead atoms. The lowest BCUT2D eigenvalue weighted by Crippen LogP contribution is -2.45. The van der Waals surface area contributed by atoms with Gasteiger partial charge in [-0.05, 0) is 30.8 Å². The minimum absolute atomic E-state index is 0.227. The Morgan fingerprint density at radius 1 is 1.37 bits per heavy atom. The van der Waals surface area contributed by atoms with E-state index in [4.69, 9.17) is 11.6 Å². The maximum Gasteiger partial charge on any atom is 0.123 e. The van der Waals surface area contributed by atoms with E-state index in [0.717, 1.165) is 44.8 Å². The first-order valence-corrected chi connectivity index (χ1v) is 7.08. The van der Waals surface area contributed by atoms with Crippen molar-refractivity contribution in [3.05, 3.63) is 34.6 Å². The van der Waals surface area contributed by atoms with Gasteiger partial charge in [-0.1, -0.05) is 11.6 Å². The third-order valence-electron chi connectivity index (χ3n) is 3.46. The van der Waals surface area contributed by atoms with Crippen molar-refractivity contribution in [2.45, 2.75) is 6.54 Å². The molecule has 1 saturated heterocycles. The number of hydrogen-bond donors (Lipinski definition) is 1. The van der Waals surface area contributed by atoms with E-state index in [9.17, 15) is 4.39 Å². The van der Waals surface area contributed by atoms with E-state index in [0.29, 0.717) is 11.6 Å². The molecule has 0 aliphatic carbocycles. The zero-order valence-corrected chi connectivity index (χ0v) is 12.1. The van der Waals surface area contributed by atoms with E-state index in [2.05, 4.69) is 15.1 Å². The van der Waals surface area contributed by atoms with Crippen molar-refractivity contribution in [2.75, 3.05) is 46.3 Å². The number of piperazine rings is 1. The van der Waals surface area contributed by atoms with Crippen LogP contribution in [0.25, 0.3) is 0 Å².